The number of anilines is 2. The molecule has 2 atom stereocenters. The van der Waals surface area contributed by atoms with Crippen LogP contribution in [0.25, 0.3) is 0 Å². The van der Waals surface area contributed by atoms with Gasteiger partial charge in [-0.25, -0.2) is 9.97 Å². The monoisotopic (exact) mass is 278 g/mol. The summed E-state index contributed by atoms with van der Waals surface area (Å²) >= 11 is 0. The second-order valence-corrected chi connectivity index (χ2v) is 5.52. The van der Waals surface area contributed by atoms with Crippen LogP contribution in [0, 0.1) is 6.92 Å². The first-order chi connectivity index (χ1) is 9.65. The van der Waals surface area contributed by atoms with Crippen LogP contribution in [0.3, 0.4) is 0 Å². The molecule has 0 bridgehead atoms. The normalized spacial score (nSPS) is 23.2. The molecule has 20 heavy (non-hydrogen) atoms. The van der Waals surface area contributed by atoms with Crippen molar-refractivity contribution >= 4 is 11.6 Å². The molecule has 1 fully saturated rings. The third kappa shape index (κ3) is 3.39. The van der Waals surface area contributed by atoms with E-state index in [1.165, 1.54) is 12.8 Å². The number of hydrogen-bond acceptors (Lipinski definition) is 5. The van der Waals surface area contributed by atoms with Crippen LogP contribution in [0.2, 0.25) is 0 Å². The Morgan fingerprint density at radius 2 is 1.85 bits per heavy atom. The molecule has 0 radical (unpaired) electrons. The van der Waals surface area contributed by atoms with E-state index in [4.69, 9.17) is 0 Å². The lowest BCUT2D eigenvalue weighted by molar-refractivity contribution is 0.144. The van der Waals surface area contributed by atoms with Gasteiger partial charge in [0.15, 0.2) is 0 Å². The molecule has 0 aliphatic heterocycles. The van der Waals surface area contributed by atoms with E-state index in [1.807, 2.05) is 20.9 Å². The molecule has 3 N–H and O–H groups in total. The third-order valence-electron chi connectivity index (χ3n) is 4.05. The maximum atomic E-state index is 10.2. The summed E-state index contributed by atoms with van der Waals surface area (Å²) in [7, 11) is 1.87. The molecule has 1 aromatic rings. The molecule has 0 aromatic carbocycles. The first-order valence-corrected chi connectivity index (χ1v) is 7.65. The lowest BCUT2D eigenvalue weighted by Crippen LogP contribution is -2.33. The van der Waals surface area contributed by atoms with Gasteiger partial charge in [0.2, 0.25) is 0 Å². The zero-order valence-corrected chi connectivity index (χ0v) is 12.7. The minimum atomic E-state index is -0.282. The Bertz CT molecular complexity index is 450. The fourth-order valence-corrected chi connectivity index (χ4v) is 2.74. The topological polar surface area (TPSA) is 70.1 Å². The predicted octanol–water partition coefficient (Wildman–Crippen LogP) is 2.49. The van der Waals surface area contributed by atoms with Crippen molar-refractivity contribution in [2.45, 2.75) is 64.5 Å². The summed E-state index contributed by atoms with van der Waals surface area (Å²) in [6.45, 7) is 4.06. The van der Waals surface area contributed by atoms with Crippen LogP contribution in [-0.2, 0) is 6.42 Å². The van der Waals surface area contributed by atoms with E-state index in [1.54, 1.807) is 0 Å². The Labute approximate surface area is 121 Å². The third-order valence-corrected chi connectivity index (χ3v) is 4.05. The van der Waals surface area contributed by atoms with Crippen LogP contribution >= 0.6 is 0 Å². The lowest BCUT2D eigenvalue weighted by atomic mass is 10.1. The first kappa shape index (κ1) is 15.0. The average molecular weight is 278 g/mol. The van der Waals surface area contributed by atoms with Crippen molar-refractivity contribution in [2.75, 3.05) is 17.7 Å². The van der Waals surface area contributed by atoms with Gasteiger partial charge in [-0.3, -0.25) is 0 Å². The minimum Gasteiger partial charge on any atom is -0.391 e. The molecule has 2 rings (SSSR count). The van der Waals surface area contributed by atoms with Gasteiger partial charge in [-0.2, -0.15) is 0 Å². The van der Waals surface area contributed by atoms with Crippen molar-refractivity contribution in [3.63, 3.8) is 0 Å². The number of aliphatic hydroxyl groups excluding tert-OH is 1. The van der Waals surface area contributed by atoms with Crippen LogP contribution < -0.4 is 10.6 Å². The fraction of sp³-hybridized carbons (Fsp3) is 0.733. The van der Waals surface area contributed by atoms with Crippen molar-refractivity contribution in [3.05, 3.63) is 11.4 Å². The highest BCUT2D eigenvalue weighted by Gasteiger charge is 2.23. The highest BCUT2D eigenvalue weighted by Crippen LogP contribution is 2.25. The minimum absolute atomic E-state index is 0.0977. The number of nitrogens with zero attached hydrogens (tertiary/aromatic N) is 2. The zero-order chi connectivity index (χ0) is 14.5. The molecule has 5 nitrogen and oxygen atoms in total. The molecule has 1 aromatic heterocycles. The van der Waals surface area contributed by atoms with Gasteiger partial charge < -0.3 is 15.7 Å². The molecule has 0 amide bonds. The Morgan fingerprint density at radius 3 is 2.55 bits per heavy atom. The summed E-state index contributed by atoms with van der Waals surface area (Å²) in [5.74, 6) is 2.54. The molecule has 5 heteroatoms. The van der Waals surface area contributed by atoms with E-state index in [9.17, 15) is 5.11 Å². The maximum Gasteiger partial charge on any atom is 0.135 e. The molecule has 0 spiro atoms. The number of rotatable bonds is 4. The van der Waals surface area contributed by atoms with Crippen molar-refractivity contribution in [3.8, 4) is 0 Å². The van der Waals surface area contributed by atoms with Crippen LogP contribution in [-0.4, -0.2) is 34.3 Å². The first-order valence-electron chi connectivity index (χ1n) is 7.65. The average Bonchev–Trinajstić information content (AvgIpc) is 2.66. The van der Waals surface area contributed by atoms with E-state index in [0.29, 0.717) is 0 Å². The SMILES string of the molecule is CCc1nc(NC)c(C)c(NC2CCCCCC2O)n1. The van der Waals surface area contributed by atoms with Gasteiger partial charge in [-0.1, -0.05) is 26.2 Å². The standard InChI is InChI=1S/C15H26N4O/c1-4-13-18-14(16-3)10(2)15(19-13)17-11-8-6-5-7-9-12(11)20/h11-12,20H,4-9H2,1-3H3,(H2,16,17,18,19). The number of nitrogens with one attached hydrogen (secondary N) is 2. The summed E-state index contributed by atoms with van der Waals surface area (Å²) in [5, 5.41) is 16.8. The van der Waals surface area contributed by atoms with Gasteiger partial charge >= 0.3 is 0 Å². The van der Waals surface area contributed by atoms with Gasteiger partial charge in [-0.15, -0.1) is 0 Å². The summed E-state index contributed by atoms with van der Waals surface area (Å²) in [6.07, 6.45) is 5.89. The van der Waals surface area contributed by atoms with E-state index in [-0.39, 0.29) is 12.1 Å². The van der Waals surface area contributed by atoms with Gasteiger partial charge in [0.25, 0.3) is 0 Å². The highest BCUT2D eigenvalue weighted by molar-refractivity contribution is 5.57. The van der Waals surface area contributed by atoms with Crippen LogP contribution in [0.4, 0.5) is 11.6 Å². The number of aryl methyl sites for hydroxylation is 1. The molecule has 1 heterocycles. The number of hydrogen-bond donors (Lipinski definition) is 3. The van der Waals surface area contributed by atoms with Crippen LogP contribution in [0.5, 0.6) is 0 Å². The quantitative estimate of drug-likeness (QED) is 0.738. The van der Waals surface area contributed by atoms with Gasteiger partial charge in [-0.05, 0) is 19.8 Å². The lowest BCUT2D eigenvalue weighted by Gasteiger charge is -2.24. The second kappa shape index (κ2) is 6.88. The molecule has 1 saturated carbocycles. The molecular weight excluding hydrogens is 252 g/mol. The van der Waals surface area contributed by atoms with E-state index < -0.39 is 0 Å². The largest absolute Gasteiger partial charge is 0.391 e. The molecule has 2 unspecified atom stereocenters. The van der Waals surface area contributed by atoms with Crippen molar-refractivity contribution in [1.29, 1.82) is 0 Å². The smallest absolute Gasteiger partial charge is 0.135 e. The Morgan fingerprint density at radius 1 is 1.15 bits per heavy atom. The second-order valence-electron chi connectivity index (χ2n) is 5.52. The summed E-state index contributed by atoms with van der Waals surface area (Å²) < 4.78 is 0. The summed E-state index contributed by atoms with van der Waals surface area (Å²) in [4.78, 5) is 9.06. The van der Waals surface area contributed by atoms with Crippen LogP contribution in [0.15, 0.2) is 0 Å². The summed E-state index contributed by atoms with van der Waals surface area (Å²) in [5.41, 5.74) is 1.01. The van der Waals surface area contributed by atoms with Crippen molar-refractivity contribution in [2.24, 2.45) is 0 Å². The molecule has 0 saturated heterocycles. The van der Waals surface area contributed by atoms with E-state index in [2.05, 4.69) is 20.6 Å². The van der Waals surface area contributed by atoms with Crippen molar-refractivity contribution in [1.82, 2.24) is 9.97 Å². The fourth-order valence-electron chi connectivity index (χ4n) is 2.74. The zero-order valence-electron chi connectivity index (χ0n) is 12.7. The molecular formula is C15H26N4O. The van der Waals surface area contributed by atoms with E-state index in [0.717, 1.165) is 48.7 Å². The van der Waals surface area contributed by atoms with Gasteiger partial charge in [0.1, 0.15) is 17.5 Å². The van der Waals surface area contributed by atoms with Crippen LogP contribution in [0.1, 0.15) is 50.4 Å². The predicted molar refractivity (Wildman–Crippen MR) is 82.2 cm³/mol. The molecule has 1 aliphatic rings. The number of aromatic nitrogens is 2. The number of aliphatic hydroxyl groups is 1. The van der Waals surface area contributed by atoms with Gasteiger partial charge in [0, 0.05) is 19.0 Å². The molecule has 1 aliphatic carbocycles. The Balaban J connectivity index is 2.22. The Hall–Kier alpha value is -1.36. The Kier molecular flexibility index (Phi) is 5.17. The molecule has 112 valence electrons. The van der Waals surface area contributed by atoms with E-state index >= 15 is 0 Å². The van der Waals surface area contributed by atoms with Crippen molar-refractivity contribution < 1.29 is 5.11 Å². The van der Waals surface area contributed by atoms with Gasteiger partial charge in [0.05, 0.1) is 12.1 Å². The highest BCUT2D eigenvalue weighted by atomic mass is 16.3. The maximum absolute atomic E-state index is 10.2. The summed E-state index contributed by atoms with van der Waals surface area (Å²) in [6, 6.07) is 0.0977.